The lowest BCUT2D eigenvalue weighted by Crippen LogP contribution is -2.33. The Bertz CT molecular complexity index is 1300. The van der Waals surface area contributed by atoms with E-state index in [2.05, 4.69) is 24.5 Å². The number of benzene rings is 1. The van der Waals surface area contributed by atoms with E-state index >= 15 is 0 Å². The first-order valence-electron chi connectivity index (χ1n) is 12.3. The first kappa shape index (κ1) is 24.2. The van der Waals surface area contributed by atoms with Gasteiger partial charge in [0.15, 0.2) is 5.13 Å². The molecule has 1 aromatic carbocycles. The van der Waals surface area contributed by atoms with Gasteiger partial charge in [-0.3, -0.25) is 0 Å². The summed E-state index contributed by atoms with van der Waals surface area (Å²) in [6.45, 7) is 4.58. The number of nitrogens with two attached hydrogens (primary N) is 1. The lowest BCUT2D eigenvalue weighted by molar-refractivity contribution is 0.316. The molecule has 186 valence electrons. The molecule has 0 atom stereocenters. The van der Waals surface area contributed by atoms with Gasteiger partial charge in [0.2, 0.25) is 9.84 Å². The van der Waals surface area contributed by atoms with E-state index in [0.717, 1.165) is 55.8 Å². The fourth-order valence-corrected chi connectivity index (χ4v) is 7.46. The van der Waals surface area contributed by atoms with Crippen molar-refractivity contribution >= 4 is 37.9 Å². The van der Waals surface area contributed by atoms with Gasteiger partial charge in [-0.15, -0.1) is 11.3 Å². The molecule has 3 aromatic rings. The summed E-state index contributed by atoms with van der Waals surface area (Å²) in [5, 5.41) is 7.53. The summed E-state index contributed by atoms with van der Waals surface area (Å²) >= 11 is 1.64. The van der Waals surface area contributed by atoms with Gasteiger partial charge >= 0.3 is 0 Å². The number of pyridine rings is 1. The van der Waals surface area contributed by atoms with Crippen molar-refractivity contribution in [3.05, 3.63) is 53.0 Å². The van der Waals surface area contributed by atoms with Crippen LogP contribution < -0.4 is 16.4 Å². The van der Waals surface area contributed by atoms with Crippen LogP contribution in [0.5, 0.6) is 0 Å². The Morgan fingerprint density at radius 3 is 2.46 bits per heavy atom. The van der Waals surface area contributed by atoms with E-state index in [9.17, 15) is 8.42 Å². The minimum absolute atomic E-state index is 0.207. The number of thiazole rings is 1. The SMILES string of the molecule is CC1(C)CCc2nc(Nc3cc(S(=O)(=O)c4ccccc4)cc(N[C@H]4CC[C@@H](N)CC4)n3)sc2C1. The zero-order valence-electron chi connectivity index (χ0n) is 20.3. The molecule has 35 heavy (non-hydrogen) atoms. The second kappa shape index (κ2) is 9.52. The maximum atomic E-state index is 13.4. The van der Waals surface area contributed by atoms with Crippen molar-refractivity contribution in [2.24, 2.45) is 11.1 Å². The minimum Gasteiger partial charge on any atom is -0.367 e. The molecule has 0 amide bonds. The van der Waals surface area contributed by atoms with Gasteiger partial charge in [0, 0.05) is 23.0 Å². The summed E-state index contributed by atoms with van der Waals surface area (Å²) in [6, 6.07) is 12.2. The highest BCUT2D eigenvalue weighted by atomic mass is 32.2. The number of sulfone groups is 1. The van der Waals surface area contributed by atoms with Gasteiger partial charge in [-0.1, -0.05) is 32.0 Å². The van der Waals surface area contributed by atoms with Gasteiger partial charge in [-0.05, 0) is 68.6 Å². The van der Waals surface area contributed by atoms with Crippen LogP contribution in [-0.4, -0.2) is 30.5 Å². The van der Waals surface area contributed by atoms with Crippen molar-refractivity contribution in [2.45, 2.75) is 80.7 Å². The van der Waals surface area contributed by atoms with Gasteiger partial charge in [0.1, 0.15) is 11.6 Å². The third-order valence-electron chi connectivity index (χ3n) is 6.98. The van der Waals surface area contributed by atoms with Gasteiger partial charge in [0.05, 0.1) is 15.5 Å². The van der Waals surface area contributed by atoms with Crippen molar-refractivity contribution in [3.63, 3.8) is 0 Å². The van der Waals surface area contributed by atoms with Crippen LogP contribution in [-0.2, 0) is 22.7 Å². The second-order valence-electron chi connectivity index (χ2n) is 10.5. The number of hydrogen-bond donors (Lipinski definition) is 3. The molecule has 1 fully saturated rings. The Morgan fingerprint density at radius 1 is 1.00 bits per heavy atom. The Kier molecular flexibility index (Phi) is 6.59. The predicted octanol–water partition coefficient (Wildman–Crippen LogP) is 5.31. The molecule has 7 nitrogen and oxygen atoms in total. The standard InChI is InChI=1S/C26H33N5O2S2/c1-26(2)13-12-21-22(16-26)34-25(29-21)31-24-15-20(35(32,33)19-6-4-3-5-7-19)14-23(30-24)28-18-10-8-17(27)9-11-18/h3-7,14-15,17-18H,8-13,16,27H2,1-2H3,(H2,28,29,30,31)/t17-,18+. The van der Waals surface area contributed by atoms with Gasteiger partial charge in [-0.2, -0.15) is 0 Å². The monoisotopic (exact) mass is 511 g/mol. The molecule has 0 radical (unpaired) electrons. The smallest absolute Gasteiger partial charge is 0.206 e. The molecule has 0 spiro atoms. The zero-order valence-corrected chi connectivity index (χ0v) is 21.9. The number of nitrogens with zero attached hydrogens (tertiary/aromatic N) is 2. The number of rotatable bonds is 6. The first-order chi connectivity index (χ1) is 16.7. The Hall–Kier alpha value is -2.49. The molecule has 1 saturated carbocycles. The van der Waals surface area contributed by atoms with E-state index < -0.39 is 9.84 Å². The third-order valence-corrected chi connectivity index (χ3v) is 9.74. The van der Waals surface area contributed by atoms with Crippen LogP contribution in [0.1, 0.15) is 56.5 Å². The average molecular weight is 512 g/mol. The highest BCUT2D eigenvalue weighted by molar-refractivity contribution is 7.91. The molecule has 2 heterocycles. The van der Waals surface area contributed by atoms with Crippen molar-refractivity contribution in [3.8, 4) is 0 Å². The second-order valence-corrected chi connectivity index (χ2v) is 13.5. The van der Waals surface area contributed by atoms with Crippen LogP contribution in [0, 0.1) is 5.41 Å². The first-order valence-corrected chi connectivity index (χ1v) is 14.6. The van der Waals surface area contributed by atoms with Crippen LogP contribution in [0.4, 0.5) is 16.8 Å². The Morgan fingerprint density at radius 2 is 1.71 bits per heavy atom. The van der Waals surface area contributed by atoms with E-state index in [0.29, 0.717) is 11.6 Å². The summed E-state index contributed by atoms with van der Waals surface area (Å²) in [7, 11) is -3.70. The molecule has 5 rings (SSSR count). The van der Waals surface area contributed by atoms with Crippen LogP contribution in [0.2, 0.25) is 0 Å². The van der Waals surface area contributed by atoms with Crippen LogP contribution >= 0.6 is 11.3 Å². The summed E-state index contributed by atoms with van der Waals surface area (Å²) in [6.07, 6.45) is 6.87. The molecule has 0 aliphatic heterocycles. The molecule has 0 bridgehead atoms. The number of anilines is 3. The maximum absolute atomic E-state index is 13.4. The fraction of sp³-hybridized carbons (Fsp3) is 0.462. The molecular weight excluding hydrogens is 478 g/mol. The molecular formula is C26H33N5O2S2. The van der Waals surface area contributed by atoms with Crippen molar-refractivity contribution < 1.29 is 8.42 Å². The Labute approximate surface area is 211 Å². The van der Waals surface area contributed by atoms with Gasteiger partial charge in [-0.25, -0.2) is 18.4 Å². The van der Waals surface area contributed by atoms with E-state index in [1.54, 1.807) is 47.7 Å². The zero-order chi connectivity index (χ0) is 24.6. The number of nitrogens with one attached hydrogen (secondary N) is 2. The van der Waals surface area contributed by atoms with Crippen LogP contribution in [0.15, 0.2) is 52.3 Å². The molecule has 0 saturated heterocycles. The molecule has 9 heteroatoms. The van der Waals surface area contributed by atoms with Crippen molar-refractivity contribution in [1.82, 2.24) is 9.97 Å². The maximum Gasteiger partial charge on any atom is 0.206 e. The van der Waals surface area contributed by atoms with E-state index in [1.165, 1.54) is 4.88 Å². The molecule has 0 unspecified atom stereocenters. The normalized spacial score (nSPS) is 21.8. The van der Waals surface area contributed by atoms with Crippen LogP contribution in [0.3, 0.4) is 0 Å². The predicted molar refractivity (Wildman–Crippen MR) is 141 cm³/mol. The lowest BCUT2D eigenvalue weighted by atomic mass is 9.79. The van der Waals surface area contributed by atoms with Crippen molar-refractivity contribution in [1.29, 1.82) is 0 Å². The molecule has 2 aliphatic carbocycles. The quantitative estimate of drug-likeness (QED) is 0.411. The summed E-state index contributed by atoms with van der Waals surface area (Å²) in [5.41, 5.74) is 7.48. The van der Waals surface area contributed by atoms with E-state index in [-0.39, 0.29) is 27.3 Å². The van der Waals surface area contributed by atoms with E-state index in [4.69, 9.17) is 15.7 Å². The molecule has 2 aromatic heterocycles. The Balaban J connectivity index is 1.47. The third kappa shape index (κ3) is 5.52. The number of aromatic nitrogens is 2. The topological polar surface area (TPSA) is 110 Å². The minimum atomic E-state index is -3.70. The molecule has 2 aliphatic rings. The van der Waals surface area contributed by atoms with Crippen molar-refractivity contribution in [2.75, 3.05) is 10.6 Å². The van der Waals surface area contributed by atoms with Gasteiger partial charge < -0.3 is 16.4 Å². The average Bonchev–Trinajstić information content (AvgIpc) is 3.21. The van der Waals surface area contributed by atoms with Gasteiger partial charge in [0.25, 0.3) is 0 Å². The molecule has 4 N–H and O–H groups in total. The summed E-state index contributed by atoms with van der Waals surface area (Å²) in [4.78, 5) is 11.3. The number of aryl methyl sites for hydroxylation is 1. The highest BCUT2D eigenvalue weighted by Crippen LogP contribution is 2.39. The number of hydrogen-bond acceptors (Lipinski definition) is 8. The highest BCUT2D eigenvalue weighted by Gasteiger charge is 2.28. The lowest BCUT2D eigenvalue weighted by Gasteiger charge is -2.28. The summed E-state index contributed by atoms with van der Waals surface area (Å²) < 4.78 is 26.9. The van der Waals surface area contributed by atoms with Crippen LogP contribution in [0.25, 0.3) is 0 Å². The fourth-order valence-electron chi connectivity index (χ4n) is 4.87. The largest absolute Gasteiger partial charge is 0.367 e. The van der Waals surface area contributed by atoms with E-state index in [1.807, 2.05) is 6.07 Å². The number of fused-ring (bicyclic) bond motifs is 1. The summed E-state index contributed by atoms with van der Waals surface area (Å²) in [5.74, 6) is 1.02.